The van der Waals surface area contributed by atoms with Crippen LogP contribution in [0.2, 0.25) is 5.02 Å². The van der Waals surface area contributed by atoms with E-state index in [1.54, 1.807) is 0 Å². The highest BCUT2D eigenvalue weighted by Gasteiger charge is 2.52. The van der Waals surface area contributed by atoms with Crippen LogP contribution in [0.5, 0.6) is 0 Å². The molecule has 5 rings (SSSR count). The molecule has 1 amide bonds. The van der Waals surface area contributed by atoms with Crippen LogP contribution in [0.15, 0.2) is 42.5 Å². The zero-order valence-electron chi connectivity index (χ0n) is 19.6. The van der Waals surface area contributed by atoms with E-state index in [0.717, 1.165) is 53.2 Å². The largest absolute Gasteiger partial charge is 0.357 e. The molecule has 2 aliphatic carbocycles. The van der Waals surface area contributed by atoms with Gasteiger partial charge in [0, 0.05) is 16.6 Å². The molecule has 0 radical (unpaired) electrons. The third kappa shape index (κ3) is 4.35. The molecule has 2 aromatic carbocycles. The van der Waals surface area contributed by atoms with Crippen LogP contribution in [0.4, 0.5) is 11.4 Å². The molecule has 0 spiro atoms. The minimum absolute atomic E-state index is 0.181. The van der Waals surface area contributed by atoms with Gasteiger partial charge in [-0.3, -0.25) is 4.79 Å². The standard InChI is InChI=1S/C28H36ClN3O/c1-19-22(15-10-16-23(19)29)28(31-24-17-8-9-18-25(24)32-28)26(20-11-4-2-5-12-20)27(33)30-21-13-6-3-7-14-21/h8-10,15-18,20-21,26,31-32H,2-7,11-14H2,1H3,(H,30,33). The molecule has 1 unspecified atom stereocenters. The smallest absolute Gasteiger partial charge is 0.228 e. The molecule has 2 fully saturated rings. The van der Waals surface area contributed by atoms with Crippen LogP contribution in [0, 0.1) is 18.8 Å². The molecule has 4 nitrogen and oxygen atoms in total. The lowest BCUT2D eigenvalue weighted by atomic mass is 9.70. The van der Waals surface area contributed by atoms with Gasteiger partial charge in [0.05, 0.1) is 17.3 Å². The number of carbonyl (C=O) groups excluding carboxylic acids is 1. The summed E-state index contributed by atoms with van der Waals surface area (Å²) in [5.41, 5.74) is 3.46. The Morgan fingerprint density at radius 3 is 2.15 bits per heavy atom. The highest BCUT2D eigenvalue weighted by atomic mass is 35.5. The van der Waals surface area contributed by atoms with Gasteiger partial charge >= 0.3 is 0 Å². The third-order valence-electron chi connectivity index (χ3n) is 8.11. The van der Waals surface area contributed by atoms with Crippen LogP contribution in [0.1, 0.15) is 75.3 Å². The van der Waals surface area contributed by atoms with Gasteiger partial charge < -0.3 is 16.0 Å². The molecule has 0 saturated heterocycles. The SMILES string of the molecule is Cc1c(Cl)cccc1C1(C(C(=O)NC2CCCCC2)C2CCCCC2)Nc2ccccc2N1. The number of nitrogens with one attached hydrogen (secondary N) is 3. The molecule has 5 heteroatoms. The van der Waals surface area contributed by atoms with Crippen molar-refractivity contribution in [1.29, 1.82) is 0 Å². The number of fused-ring (bicyclic) bond motifs is 1. The number of amides is 1. The Bertz CT molecular complexity index is 969. The molecule has 2 saturated carbocycles. The van der Waals surface area contributed by atoms with E-state index < -0.39 is 5.66 Å². The van der Waals surface area contributed by atoms with Crippen LogP contribution in [-0.2, 0) is 10.5 Å². The van der Waals surface area contributed by atoms with Gasteiger partial charge in [0.25, 0.3) is 0 Å². The zero-order chi connectivity index (χ0) is 22.8. The summed E-state index contributed by atoms with van der Waals surface area (Å²) in [6.45, 7) is 2.07. The average Bonchev–Trinajstić information content (AvgIpc) is 3.22. The highest BCUT2D eigenvalue weighted by molar-refractivity contribution is 6.31. The van der Waals surface area contributed by atoms with E-state index in [-0.39, 0.29) is 11.8 Å². The maximum atomic E-state index is 14.2. The molecule has 0 aromatic heterocycles. The summed E-state index contributed by atoms with van der Waals surface area (Å²) in [6, 6.07) is 14.7. The molecule has 176 valence electrons. The van der Waals surface area contributed by atoms with Gasteiger partial charge in [0.1, 0.15) is 5.66 Å². The van der Waals surface area contributed by atoms with Crippen molar-refractivity contribution < 1.29 is 4.79 Å². The zero-order valence-corrected chi connectivity index (χ0v) is 20.4. The lowest BCUT2D eigenvalue weighted by molar-refractivity contribution is -0.130. The number of rotatable bonds is 5. The fraction of sp³-hybridized carbons (Fsp3) is 0.536. The summed E-state index contributed by atoms with van der Waals surface area (Å²) in [7, 11) is 0. The van der Waals surface area contributed by atoms with Gasteiger partial charge in [0.2, 0.25) is 5.91 Å². The molecule has 1 aliphatic heterocycles. The summed E-state index contributed by atoms with van der Waals surface area (Å²) in [5.74, 6) is 0.264. The van der Waals surface area contributed by atoms with Crippen molar-refractivity contribution in [1.82, 2.24) is 5.32 Å². The predicted octanol–water partition coefficient (Wildman–Crippen LogP) is 6.98. The van der Waals surface area contributed by atoms with E-state index in [4.69, 9.17) is 11.6 Å². The minimum atomic E-state index is -0.723. The maximum absolute atomic E-state index is 14.2. The molecule has 1 atom stereocenters. The van der Waals surface area contributed by atoms with Gasteiger partial charge in [0.15, 0.2) is 0 Å². The fourth-order valence-corrected chi connectivity index (χ4v) is 6.59. The van der Waals surface area contributed by atoms with Gasteiger partial charge in [-0.05, 0) is 62.3 Å². The van der Waals surface area contributed by atoms with E-state index in [1.165, 1.54) is 38.5 Å². The minimum Gasteiger partial charge on any atom is -0.357 e. The lowest BCUT2D eigenvalue weighted by Gasteiger charge is -2.44. The molecule has 3 N–H and O–H groups in total. The van der Waals surface area contributed by atoms with Crippen molar-refractivity contribution >= 4 is 28.9 Å². The van der Waals surface area contributed by atoms with Crippen molar-refractivity contribution in [2.45, 2.75) is 82.8 Å². The van der Waals surface area contributed by atoms with Crippen molar-refractivity contribution in [2.75, 3.05) is 10.6 Å². The second kappa shape index (κ2) is 9.58. The average molecular weight is 466 g/mol. The summed E-state index contributed by atoms with van der Waals surface area (Å²) < 4.78 is 0. The Balaban J connectivity index is 1.60. The number of halogens is 1. The van der Waals surface area contributed by atoms with E-state index in [0.29, 0.717) is 12.0 Å². The molecule has 3 aliphatic rings. The molecular weight excluding hydrogens is 430 g/mol. The Morgan fingerprint density at radius 1 is 0.909 bits per heavy atom. The summed E-state index contributed by atoms with van der Waals surface area (Å²) in [4.78, 5) is 14.2. The van der Waals surface area contributed by atoms with Crippen molar-refractivity contribution in [2.24, 2.45) is 11.8 Å². The second-order valence-electron chi connectivity index (χ2n) is 10.2. The third-order valence-corrected chi connectivity index (χ3v) is 8.51. The molecule has 2 aromatic rings. The number of hydrogen-bond donors (Lipinski definition) is 3. The fourth-order valence-electron chi connectivity index (χ4n) is 6.42. The first kappa shape index (κ1) is 22.6. The monoisotopic (exact) mass is 465 g/mol. The number of anilines is 2. The number of benzene rings is 2. The Hall–Kier alpha value is -2.20. The van der Waals surface area contributed by atoms with E-state index in [1.807, 2.05) is 24.3 Å². The van der Waals surface area contributed by atoms with Crippen molar-refractivity contribution in [3.8, 4) is 0 Å². The van der Waals surface area contributed by atoms with Crippen LogP contribution >= 0.6 is 11.6 Å². The summed E-state index contributed by atoms with van der Waals surface area (Å²) in [5, 5.41) is 11.9. The Morgan fingerprint density at radius 2 is 1.52 bits per heavy atom. The van der Waals surface area contributed by atoms with Crippen molar-refractivity contribution in [3.63, 3.8) is 0 Å². The van der Waals surface area contributed by atoms with E-state index in [2.05, 4.69) is 41.1 Å². The molecular formula is C28H36ClN3O. The summed E-state index contributed by atoms with van der Waals surface area (Å²) in [6.07, 6.45) is 11.7. The Labute approximate surface area is 202 Å². The van der Waals surface area contributed by atoms with E-state index in [9.17, 15) is 4.79 Å². The highest BCUT2D eigenvalue weighted by Crippen LogP contribution is 2.50. The lowest BCUT2D eigenvalue weighted by Crippen LogP contribution is -2.57. The van der Waals surface area contributed by atoms with Crippen LogP contribution in [-0.4, -0.2) is 11.9 Å². The van der Waals surface area contributed by atoms with Crippen molar-refractivity contribution in [3.05, 3.63) is 58.6 Å². The van der Waals surface area contributed by atoms with E-state index >= 15 is 0 Å². The van der Waals surface area contributed by atoms with Crippen LogP contribution in [0.3, 0.4) is 0 Å². The van der Waals surface area contributed by atoms with Gasteiger partial charge in [-0.25, -0.2) is 0 Å². The topological polar surface area (TPSA) is 53.2 Å². The van der Waals surface area contributed by atoms with Crippen LogP contribution < -0.4 is 16.0 Å². The first-order valence-electron chi connectivity index (χ1n) is 12.8. The maximum Gasteiger partial charge on any atom is 0.228 e. The first-order valence-corrected chi connectivity index (χ1v) is 13.2. The first-order chi connectivity index (χ1) is 16.1. The normalized spacial score (nSPS) is 21.5. The summed E-state index contributed by atoms with van der Waals surface area (Å²) >= 11 is 6.64. The predicted molar refractivity (Wildman–Crippen MR) is 137 cm³/mol. The number of carbonyl (C=O) groups is 1. The van der Waals surface area contributed by atoms with Crippen LogP contribution in [0.25, 0.3) is 0 Å². The molecule has 1 heterocycles. The number of hydrogen-bond acceptors (Lipinski definition) is 3. The van der Waals surface area contributed by atoms with Gasteiger partial charge in [-0.2, -0.15) is 0 Å². The Kier molecular flexibility index (Phi) is 6.56. The van der Waals surface area contributed by atoms with Gasteiger partial charge in [-0.15, -0.1) is 0 Å². The number of para-hydroxylation sites is 2. The quantitative estimate of drug-likeness (QED) is 0.446. The molecule has 33 heavy (non-hydrogen) atoms. The molecule has 0 bridgehead atoms. The van der Waals surface area contributed by atoms with Gasteiger partial charge in [-0.1, -0.05) is 74.4 Å². The second-order valence-corrected chi connectivity index (χ2v) is 10.6.